The predicted molar refractivity (Wildman–Crippen MR) is 148 cm³/mol. The number of rotatable bonds is 9. The number of carbonyl (C=O) groups is 2. The number of sulfonamides is 1. The third kappa shape index (κ3) is 5.36. The highest BCUT2D eigenvalue weighted by Gasteiger charge is 2.37. The number of nitrogens with zero attached hydrogens (tertiary/aromatic N) is 3. The van der Waals surface area contributed by atoms with Crippen LogP contribution < -0.4 is 9.04 Å². The minimum absolute atomic E-state index is 0.0227. The van der Waals surface area contributed by atoms with Crippen LogP contribution in [0.25, 0.3) is 17.0 Å². The van der Waals surface area contributed by atoms with Gasteiger partial charge in [-0.2, -0.15) is 4.31 Å². The number of benzene rings is 2. The number of hydrogen-bond donors (Lipinski definition) is 0. The van der Waals surface area contributed by atoms with Crippen molar-refractivity contribution < 1.29 is 36.6 Å². The molecular weight excluding hydrogens is 541 g/mol. The lowest BCUT2D eigenvalue weighted by molar-refractivity contribution is 0.0603. The number of anilines is 1. The van der Waals surface area contributed by atoms with Gasteiger partial charge in [0, 0.05) is 23.9 Å². The zero-order valence-electron chi connectivity index (χ0n) is 22.6. The van der Waals surface area contributed by atoms with Crippen molar-refractivity contribution in [2.45, 2.75) is 25.2 Å². The second kappa shape index (κ2) is 12.0. The van der Waals surface area contributed by atoms with Crippen LogP contribution in [0.5, 0.6) is 5.75 Å². The number of pyridine rings is 1. The van der Waals surface area contributed by atoms with Gasteiger partial charge in [-0.15, -0.1) is 0 Å². The van der Waals surface area contributed by atoms with E-state index in [0.29, 0.717) is 35.0 Å². The summed E-state index contributed by atoms with van der Waals surface area (Å²) in [5, 5.41) is 0.558. The first-order chi connectivity index (χ1) is 19.2. The number of aromatic nitrogens is 1. The van der Waals surface area contributed by atoms with Gasteiger partial charge >= 0.3 is 12.1 Å². The fraction of sp³-hybridized carbons (Fsp3) is 0.321. The summed E-state index contributed by atoms with van der Waals surface area (Å²) in [4.78, 5) is 32.2. The highest BCUT2D eigenvalue weighted by atomic mass is 32.2. The molecule has 3 aromatic rings. The Balaban J connectivity index is 1.93. The van der Waals surface area contributed by atoms with Gasteiger partial charge in [-0.3, -0.25) is 4.98 Å². The zero-order valence-corrected chi connectivity index (χ0v) is 23.5. The molecule has 0 N–H and O–H groups in total. The lowest BCUT2D eigenvalue weighted by Gasteiger charge is -2.24. The summed E-state index contributed by atoms with van der Waals surface area (Å²) in [6.07, 6.45) is 3.92. The lowest BCUT2D eigenvalue weighted by atomic mass is 10.0. The number of hydrogen-bond acceptors (Lipinski definition) is 9. The lowest BCUT2D eigenvalue weighted by Crippen LogP contribution is -2.38. The summed E-state index contributed by atoms with van der Waals surface area (Å²) in [6, 6.07) is 6.00. The smallest absolute Gasteiger partial charge is 0.428 e. The molecule has 0 bridgehead atoms. The molecule has 1 aliphatic rings. The maximum Gasteiger partial charge on any atom is 0.428 e. The summed E-state index contributed by atoms with van der Waals surface area (Å²) in [6.45, 7) is 6.45. The van der Waals surface area contributed by atoms with E-state index in [0.717, 1.165) is 51.1 Å². The predicted octanol–water partition coefficient (Wildman–Crippen LogP) is 4.41. The molecule has 1 aliphatic heterocycles. The quantitative estimate of drug-likeness (QED) is 0.344. The van der Waals surface area contributed by atoms with Crippen LogP contribution in [0.3, 0.4) is 0 Å². The fourth-order valence-corrected chi connectivity index (χ4v) is 6.16. The van der Waals surface area contributed by atoms with Crippen LogP contribution in [-0.2, 0) is 25.9 Å². The van der Waals surface area contributed by atoms with E-state index in [1.165, 1.54) is 18.3 Å². The maximum atomic E-state index is 14.3. The van der Waals surface area contributed by atoms with Gasteiger partial charge in [-0.1, -0.05) is 32.1 Å². The highest BCUT2D eigenvalue weighted by Crippen LogP contribution is 2.38. The molecule has 12 heteroatoms. The van der Waals surface area contributed by atoms with Crippen molar-refractivity contribution in [2.24, 2.45) is 0 Å². The van der Waals surface area contributed by atoms with Crippen LogP contribution >= 0.6 is 0 Å². The van der Waals surface area contributed by atoms with Gasteiger partial charge < -0.3 is 19.1 Å². The molecule has 0 saturated heterocycles. The van der Waals surface area contributed by atoms with Crippen molar-refractivity contribution >= 4 is 44.8 Å². The molecule has 212 valence electrons. The van der Waals surface area contributed by atoms with Crippen molar-refractivity contribution in [3.05, 3.63) is 65.1 Å². The molecule has 0 spiro atoms. The normalized spacial score (nSPS) is 12.9. The molecule has 0 saturated carbocycles. The Labute approximate surface area is 232 Å². The van der Waals surface area contributed by atoms with E-state index in [4.69, 9.17) is 14.2 Å². The van der Waals surface area contributed by atoms with Crippen molar-refractivity contribution in [3.8, 4) is 5.75 Å². The average Bonchev–Trinajstić information content (AvgIpc) is 3.44. The van der Waals surface area contributed by atoms with E-state index in [-0.39, 0.29) is 27.2 Å². The van der Waals surface area contributed by atoms with E-state index in [1.54, 1.807) is 12.1 Å². The first-order valence-electron chi connectivity index (χ1n) is 12.6. The summed E-state index contributed by atoms with van der Waals surface area (Å²) >= 11 is 0. The summed E-state index contributed by atoms with van der Waals surface area (Å²) in [7, 11) is -2.60. The molecule has 4 rings (SSSR count). The van der Waals surface area contributed by atoms with Crippen molar-refractivity contribution in [1.82, 2.24) is 9.88 Å². The Morgan fingerprint density at radius 1 is 1.12 bits per heavy atom. The van der Waals surface area contributed by atoms with E-state index in [9.17, 15) is 22.4 Å². The average molecular weight is 572 g/mol. The van der Waals surface area contributed by atoms with E-state index >= 15 is 0 Å². The van der Waals surface area contributed by atoms with E-state index < -0.39 is 27.9 Å². The molecule has 1 aromatic heterocycles. The van der Waals surface area contributed by atoms with Crippen LogP contribution in [-0.4, -0.2) is 70.8 Å². The van der Waals surface area contributed by atoms with Crippen LogP contribution in [0.2, 0.25) is 0 Å². The third-order valence-corrected chi connectivity index (χ3v) is 8.45. The molecule has 40 heavy (non-hydrogen) atoms. The molecular formula is C28H30FN3O7S. The highest BCUT2D eigenvalue weighted by molar-refractivity contribution is 7.93. The molecule has 0 unspecified atom stereocenters. The van der Waals surface area contributed by atoms with Crippen molar-refractivity contribution in [3.63, 3.8) is 0 Å². The van der Waals surface area contributed by atoms with Gasteiger partial charge in [0.05, 0.1) is 43.1 Å². The second-order valence-electron chi connectivity index (χ2n) is 8.86. The van der Waals surface area contributed by atoms with E-state index in [2.05, 4.69) is 9.88 Å². The summed E-state index contributed by atoms with van der Waals surface area (Å²) in [5.74, 6) is -1.01. The Bertz CT molecular complexity index is 1590. The Morgan fingerprint density at radius 3 is 2.55 bits per heavy atom. The number of carbonyl (C=O) groups excluding carboxylic acids is 2. The molecule has 2 aromatic carbocycles. The largest absolute Gasteiger partial charge is 0.491 e. The summed E-state index contributed by atoms with van der Waals surface area (Å²) < 4.78 is 58.3. The first-order valence-corrected chi connectivity index (χ1v) is 14.1. The van der Waals surface area contributed by atoms with Crippen LogP contribution in [0.4, 0.5) is 14.9 Å². The number of methoxy groups -OCH3 is 2. The topological polar surface area (TPSA) is 115 Å². The number of esters is 1. The van der Waals surface area contributed by atoms with Gasteiger partial charge in [0.25, 0.3) is 10.0 Å². The first kappa shape index (κ1) is 29.0. The van der Waals surface area contributed by atoms with Crippen molar-refractivity contribution in [2.75, 3.05) is 44.8 Å². The molecule has 0 atom stereocenters. The van der Waals surface area contributed by atoms with Gasteiger partial charge in [-0.25, -0.2) is 22.4 Å². The third-order valence-electron chi connectivity index (χ3n) is 6.69. The Kier molecular flexibility index (Phi) is 8.70. The molecule has 0 fully saturated rings. The van der Waals surface area contributed by atoms with E-state index in [1.807, 2.05) is 13.8 Å². The minimum atomic E-state index is -4.75. The van der Waals surface area contributed by atoms with Crippen LogP contribution in [0, 0.1) is 5.82 Å². The monoisotopic (exact) mass is 571 g/mol. The Morgan fingerprint density at radius 2 is 1.88 bits per heavy atom. The van der Waals surface area contributed by atoms with Crippen LogP contribution in [0.1, 0.15) is 35.3 Å². The number of fused-ring (bicyclic) bond motifs is 3. The second-order valence-corrected chi connectivity index (χ2v) is 10.6. The van der Waals surface area contributed by atoms with Gasteiger partial charge in [0.15, 0.2) is 0 Å². The van der Waals surface area contributed by atoms with Crippen molar-refractivity contribution in [1.29, 1.82) is 0 Å². The number of halogens is 1. The number of likely N-dealkylation sites (N-methyl/N-ethyl adjacent to an activating group) is 1. The fourth-order valence-electron chi connectivity index (χ4n) is 4.61. The molecule has 0 radical (unpaired) electrons. The molecule has 1 amide bonds. The standard InChI is InChI=1S/C28H30FN3O7S/c1-5-31(6-2)14-7-8-18-16-19(29)9-12-24(18)40(35,36)32(28(34)38-4)22-11-10-21-20-13-15-39-23(20)17-30-26(21)25(22)27(33)37-3/h7-12,16-17H,5-6,13-15H2,1-4H3. The SMILES string of the molecule is CCN(CC)CC=Cc1cc(F)ccc1S(=O)(=O)N(C(=O)OC)c1ccc2c3c(cnc2c1C(=O)OC)OCC3. The minimum Gasteiger partial charge on any atom is -0.491 e. The molecule has 0 aliphatic carbocycles. The molecule has 2 heterocycles. The molecule has 10 nitrogen and oxygen atoms in total. The van der Waals surface area contributed by atoms with Gasteiger partial charge in [-0.05, 0) is 42.9 Å². The number of ether oxygens (including phenoxy) is 3. The van der Waals surface area contributed by atoms with Gasteiger partial charge in [0.2, 0.25) is 0 Å². The van der Waals surface area contributed by atoms with Gasteiger partial charge in [0.1, 0.15) is 17.1 Å². The zero-order chi connectivity index (χ0) is 29.0. The number of amides is 1. The summed E-state index contributed by atoms with van der Waals surface area (Å²) in [5.41, 5.74) is 0.392. The van der Waals surface area contributed by atoms with Crippen LogP contribution in [0.15, 0.2) is 47.5 Å². The Hall–Kier alpha value is -4.03. The maximum absolute atomic E-state index is 14.3.